The zero-order valence-corrected chi connectivity index (χ0v) is 10.1. The average Bonchev–Trinajstić information content (AvgIpc) is 2.21. The molecule has 0 fully saturated rings. The van der Waals surface area contributed by atoms with Crippen molar-refractivity contribution in [3.63, 3.8) is 0 Å². The second-order valence-electron chi connectivity index (χ2n) is 3.19. The highest BCUT2D eigenvalue weighted by atomic mass is 79.9. The Morgan fingerprint density at radius 2 is 2.27 bits per heavy atom. The molecule has 15 heavy (non-hydrogen) atoms. The number of aliphatic hydroxyl groups is 1. The van der Waals surface area contributed by atoms with Crippen LogP contribution < -0.4 is 10.5 Å². The molecule has 0 heterocycles. The van der Waals surface area contributed by atoms with Crippen molar-refractivity contribution in [1.82, 2.24) is 0 Å². The summed E-state index contributed by atoms with van der Waals surface area (Å²) in [5.41, 5.74) is 6.40. The minimum absolute atomic E-state index is 0.0118. The number of rotatable bonds is 3. The van der Waals surface area contributed by atoms with Crippen LogP contribution in [-0.2, 0) is 0 Å². The summed E-state index contributed by atoms with van der Waals surface area (Å²) in [6.07, 6.45) is -0.941. The molecule has 0 spiro atoms. The highest BCUT2D eigenvalue weighted by Gasteiger charge is 2.21. The highest BCUT2D eigenvalue weighted by molar-refractivity contribution is 9.10. The van der Waals surface area contributed by atoms with Gasteiger partial charge in [0.2, 0.25) is 0 Å². The van der Waals surface area contributed by atoms with Crippen LogP contribution >= 0.6 is 15.9 Å². The summed E-state index contributed by atoms with van der Waals surface area (Å²) in [6.45, 7) is 1.75. The molecule has 0 aliphatic heterocycles. The summed E-state index contributed by atoms with van der Waals surface area (Å²) in [4.78, 5) is 0. The molecule has 0 aliphatic rings. The van der Waals surface area contributed by atoms with E-state index in [-0.39, 0.29) is 12.3 Å². The summed E-state index contributed by atoms with van der Waals surface area (Å²) < 4.78 is 19.0. The summed E-state index contributed by atoms with van der Waals surface area (Å²) in [6, 6.07) is 1.34. The molecule has 1 aromatic carbocycles. The van der Waals surface area contributed by atoms with Crippen LogP contribution in [0.3, 0.4) is 0 Å². The highest BCUT2D eigenvalue weighted by Crippen LogP contribution is 2.36. The third-order valence-corrected chi connectivity index (χ3v) is 3.20. The van der Waals surface area contributed by atoms with Gasteiger partial charge in [0.1, 0.15) is 0 Å². The van der Waals surface area contributed by atoms with E-state index in [0.29, 0.717) is 15.6 Å². The van der Waals surface area contributed by atoms with Crippen molar-refractivity contribution in [3.8, 4) is 5.75 Å². The lowest BCUT2D eigenvalue weighted by Crippen LogP contribution is -2.14. The lowest BCUT2D eigenvalue weighted by atomic mass is 10.0. The molecule has 1 atom stereocenters. The van der Waals surface area contributed by atoms with Gasteiger partial charge in [-0.1, -0.05) is 0 Å². The van der Waals surface area contributed by atoms with Gasteiger partial charge in [-0.25, -0.2) is 4.39 Å². The predicted octanol–water partition coefficient (Wildman–Crippen LogP) is 1.90. The molecule has 3 N–H and O–H groups in total. The fourth-order valence-electron chi connectivity index (χ4n) is 1.38. The maximum atomic E-state index is 13.5. The third-order valence-electron chi connectivity index (χ3n) is 2.15. The largest absolute Gasteiger partial charge is 0.493 e. The summed E-state index contributed by atoms with van der Waals surface area (Å²) in [5.74, 6) is -0.467. The first kappa shape index (κ1) is 12.4. The van der Waals surface area contributed by atoms with Crippen LogP contribution in [0.25, 0.3) is 0 Å². The first-order valence-electron chi connectivity index (χ1n) is 4.43. The van der Waals surface area contributed by atoms with E-state index in [4.69, 9.17) is 10.5 Å². The molecule has 1 aromatic rings. The second kappa shape index (κ2) is 4.92. The third kappa shape index (κ3) is 2.30. The van der Waals surface area contributed by atoms with Crippen LogP contribution in [0, 0.1) is 12.7 Å². The molecule has 0 aromatic heterocycles. The maximum absolute atomic E-state index is 13.5. The van der Waals surface area contributed by atoms with Crippen LogP contribution in [0.4, 0.5) is 4.39 Å². The number of benzene rings is 1. The molecule has 1 rings (SSSR count). The SMILES string of the molecule is COc1c(F)cc(C)c(Br)c1C(O)CN. The van der Waals surface area contributed by atoms with Gasteiger partial charge >= 0.3 is 0 Å². The topological polar surface area (TPSA) is 55.5 Å². The van der Waals surface area contributed by atoms with E-state index in [9.17, 15) is 9.50 Å². The van der Waals surface area contributed by atoms with Gasteiger partial charge in [0, 0.05) is 16.6 Å². The lowest BCUT2D eigenvalue weighted by Gasteiger charge is -2.17. The van der Waals surface area contributed by atoms with Crippen LogP contribution in [0.2, 0.25) is 0 Å². The van der Waals surface area contributed by atoms with Gasteiger partial charge in [0.05, 0.1) is 13.2 Å². The number of nitrogens with two attached hydrogens (primary N) is 1. The van der Waals surface area contributed by atoms with Crippen molar-refractivity contribution in [2.24, 2.45) is 5.73 Å². The number of hydrogen-bond acceptors (Lipinski definition) is 3. The molecule has 0 saturated carbocycles. The lowest BCUT2D eigenvalue weighted by molar-refractivity contribution is 0.180. The van der Waals surface area contributed by atoms with Gasteiger partial charge in [-0.3, -0.25) is 0 Å². The number of halogens is 2. The molecular formula is C10H13BrFNO2. The molecule has 0 amide bonds. The number of methoxy groups -OCH3 is 1. The fourth-order valence-corrected chi connectivity index (χ4v) is 1.94. The molecule has 3 nitrogen and oxygen atoms in total. The first-order chi connectivity index (χ1) is 7.02. The predicted molar refractivity (Wildman–Crippen MR) is 59.4 cm³/mol. The van der Waals surface area contributed by atoms with E-state index in [1.54, 1.807) is 6.92 Å². The zero-order valence-electron chi connectivity index (χ0n) is 8.55. The molecular weight excluding hydrogens is 265 g/mol. The van der Waals surface area contributed by atoms with Crippen molar-refractivity contribution in [1.29, 1.82) is 0 Å². The van der Waals surface area contributed by atoms with Crippen LogP contribution in [0.1, 0.15) is 17.2 Å². The van der Waals surface area contributed by atoms with Crippen molar-refractivity contribution < 1.29 is 14.2 Å². The molecule has 84 valence electrons. The van der Waals surface area contributed by atoms with Gasteiger partial charge in [-0.15, -0.1) is 0 Å². The minimum atomic E-state index is -0.941. The van der Waals surface area contributed by atoms with E-state index < -0.39 is 11.9 Å². The molecule has 1 unspecified atom stereocenters. The molecule has 5 heteroatoms. The Labute approximate surface area is 96.2 Å². The fraction of sp³-hybridized carbons (Fsp3) is 0.400. The normalized spacial score (nSPS) is 12.7. The van der Waals surface area contributed by atoms with Crippen LogP contribution in [0.15, 0.2) is 10.5 Å². The zero-order chi connectivity index (χ0) is 11.6. The van der Waals surface area contributed by atoms with Gasteiger partial charge < -0.3 is 15.6 Å². The van der Waals surface area contributed by atoms with Gasteiger partial charge in [-0.2, -0.15) is 0 Å². The number of aliphatic hydroxyl groups excluding tert-OH is 1. The monoisotopic (exact) mass is 277 g/mol. The van der Waals surface area contributed by atoms with Crippen molar-refractivity contribution >= 4 is 15.9 Å². The molecule has 0 bridgehead atoms. The number of hydrogen-bond donors (Lipinski definition) is 2. The second-order valence-corrected chi connectivity index (χ2v) is 3.98. The molecule has 0 saturated heterocycles. The summed E-state index contributed by atoms with van der Waals surface area (Å²) in [7, 11) is 1.35. The maximum Gasteiger partial charge on any atom is 0.165 e. The van der Waals surface area contributed by atoms with E-state index in [1.165, 1.54) is 13.2 Å². The number of ether oxygens (including phenoxy) is 1. The standard InChI is InChI=1S/C10H13BrFNO2/c1-5-3-6(12)10(15-2)8(9(5)11)7(14)4-13/h3,7,14H,4,13H2,1-2H3. The Balaban J connectivity index is 3.43. The minimum Gasteiger partial charge on any atom is -0.493 e. The van der Waals surface area contributed by atoms with Gasteiger partial charge in [0.25, 0.3) is 0 Å². The Hall–Kier alpha value is -0.650. The quantitative estimate of drug-likeness (QED) is 0.887. The number of aryl methyl sites for hydroxylation is 1. The first-order valence-corrected chi connectivity index (χ1v) is 5.22. The van der Waals surface area contributed by atoms with E-state index in [1.807, 2.05) is 0 Å². The average molecular weight is 278 g/mol. The van der Waals surface area contributed by atoms with E-state index >= 15 is 0 Å². The smallest absolute Gasteiger partial charge is 0.165 e. The van der Waals surface area contributed by atoms with E-state index in [2.05, 4.69) is 15.9 Å². The van der Waals surface area contributed by atoms with Crippen molar-refractivity contribution in [2.45, 2.75) is 13.0 Å². The van der Waals surface area contributed by atoms with E-state index in [0.717, 1.165) is 0 Å². The van der Waals surface area contributed by atoms with Crippen LogP contribution in [-0.4, -0.2) is 18.8 Å². The Kier molecular flexibility index (Phi) is 4.07. The summed E-state index contributed by atoms with van der Waals surface area (Å²) in [5, 5.41) is 9.67. The summed E-state index contributed by atoms with van der Waals surface area (Å²) >= 11 is 3.29. The van der Waals surface area contributed by atoms with Crippen molar-refractivity contribution in [2.75, 3.05) is 13.7 Å². The molecule has 0 aliphatic carbocycles. The van der Waals surface area contributed by atoms with Crippen molar-refractivity contribution in [3.05, 3.63) is 27.5 Å². The molecule has 0 radical (unpaired) electrons. The van der Waals surface area contributed by atoms with Gasteiger partial charge in [-0.05, 0) is 34.5 Å². The van der Waals surface area contributed by atoms with Gasteiger partial charge in [0.15, 0.2) is 11.6 Å². The Morgan fingerprint density at radius 3 is 2.73 bits per heavy atom. The van der Waals surface area contributed by atoms with Crippen LogP contribution in [0.5, 0.6) is 5.75 Å². The Bertz CT molecular complexity index is 371. The Morgan fingerprint density at radius 1 is 1.67 bits per heavy atom.